The molecule has 2 rings (SSSR count). The second-order valence-corrected chi connectivity index (χ2v) is 3.61. The van der Waals surface area contributed by atoms with Crippen molar-refractivity contribution in [1.29, 1.82) is 5.41 Å². The summed E-state index contributed by atoms with van der Waals surface area (Å²) in [6.45, 7) is 1.89. The Balaban J connectivity index is 2.34. The van der Waals surface area contributed by atoms with Gasteiger partial charge in [0.25, 0.3) is 0 Å². The zero-order valence-corrected chi connectivity index (χ0v) is 10.3. The number of carbonyl (C=O) groups excluding carboxylic acids is 1. The van der Waals surface area contributed by atoms with E-state index >= 15 is 0 Å². The van der Waals surface area contributed by atoms with Gasteiger partial charge in [-0.3, -0.25) is 5.41 Å². The molecule has 7 heteroatoms. The van der Waals surface area contributed by atoms with E-state index in [9.17, 15) is 4.79 Å². The maximum absolute atomic E-state index is 11.6. The molecular formula is C12H13N5O2. The molecule has 7 nitrogen and oxygen atoms in total. The molecule has 0 atom stereocenters. The number of rotatable bonds is 4. The van der Waals surface area contributed by atoms with Gasteiger partial charge in [0.15, 0.2) is 5.65 Å². The number of nitrogens with zero attached hydrogens (tertiary/aromatic N) is 3. The molecule has 3 N–H and O–H groups in total. The van der Waals surface area contributed by atoms with E-state index in [1.807, 2.05) is 6.07 Å². The van der Waals surface area contributed by atoms with Crippen LogP contribution in [0.3, 0.4) is 0 Å². The Bertz CT molecular complexity index is 626. The highest BCUT2D eigenvalue weighted by molar-refractivity contribution is 6.24. The maximum Gasteiger partial charge on any atom is 0.341 e. The first kappa shape index (κ1) is 12.7. The summed E-state index contributed by atoms with van der Waals surface area (Å²) in [5, 5.41) is 12.0. The van der Waals surface area contributed by atoms with Gasteiger partial charge in [-0.2, -0.15) is 0 Å². The minimum atomic E-state index is -0.658. The number of pyridine rings is 1. The number of aromatic nitrogens is 3. The van der Waals surface area contributed by atoms with Crippen molar-refractivity contribution in [2.75, 3.05) is 6.61 Å². The lowest BCUT2D eigenvalue weighted by Crippen LogP contribution is -2.18. The van der Waals surface area contributed by atoms with Gasteiger partial charge in [-0.05, 0) is 19.1 Å². The topological polar surface area (TPSA) is 106 Å². The number of ether oxygens (including phenoxy) is 1. The van der Waals surface area contributed by atoms with Crippen LogP contribution in [-0.2, 0) is 9.53 Å². The van der Waals surface area contributed by atoms with Crippen molar-refractivity contribution in [2.24, 2.45) is 5.73 Å². The predicted octanol–water partition coefficient (Wildman–Crippen LogP) is 0.503. The van der Waals surface area contributed by atoms with E-state index < -0.39 is 5.97 Å². The number of fused-ring (bicyclic) bond motifs is 1. The van der Waals surface area contributed by atoms with E-state index in [1.54, 1.807) is 25.3 Å². The SMILES string of the molecule is CCOC(=O)/C(=C/N)C(=N)c1nc2ccccn2n1. The smallest absolute Gasteiger partial charge is 0.341 e. The number of esters is 1. The molecule has 0 saturated heterocycles. The minimum absolute atomic E-state index is 0.0576. The van der Waals surface area contributed by atoms with Crippen LogP contribution in [0.5, 0.6) is 0 Å². The first-order valence-electron chi connectivity index (χ1n) is 5.67. The predicted molar refractivity (Wildman–Crippen MR) is 68.7 cm³/mol. The van der Waals surface area contributed by atoms with Crippen molar-refractivity contribution in [1.82, 2.24) is 14.6 Å². The van der Waals surface area contributed by atoms with Crippen LogP contribution in [0.25, 0.3) is 5.65 Å². The number of carbonyl (C=O) groups is 1. The van der Waals surface area contributed by atoms with Crippen molar-refractivity contribution in [3.05, 3.63) is 42.0 Å². The van der Waals surface area contributed by atoms with Gasteiger partial charge in [0.2, 0.25) is 5.82 Å². The lowest BCUT2D eigenvalue weighted by Gasteiger charge is -2.04. The highest BCUT2D eigenvalue weighted by Crippen LogP contribution is 2.08. The zero-order chi connectivity index (χ0) is 13.8. The summed E-state index contributed by atoms with van der Waals surface area (Å²) in [5.41, 5.74) is 5.74. The second-order valence-electron chi connectivity index (χ2n) is 3.61. The number of hydrogen-bond acceptors (Lipinski definition) is 6. The third-order valence-electron chi connectivity index (χ3n) is 2.40. The molecule has 2 aromatic heterocycles. The second kappa shape index (κ2) is 5.30. The summed E-state index contributed by atoms with van der Waals surface area (Å²) in [6, 6.07) is 5.35. The molecule has 0 aromatic carbocycles. The van der Waals surface area contributed by atoms with Gasteiger partial charge in [0.1, 0.15) is 11.3 Å². The van der Waals surface area contributed by atoms with E-state index in [0.29, 0.717) is 5.65 Å². The van der Waals surface area contributed by atoms with E-state index in [-0.39, 0.29) is 23.7 Å². The Labute approximate surface area is 109 Å². The van der Waals surface area contributed by atoms with E-state index in [4.69, 9.17) is 15.9 Å². The van der Waals surface area contributed by atoms with Crippen LogP contribution in [0.4, 0.5) is 0 Å². The Kier molecular flexibility index (Phi) is 3.56. The molecule has 0 fully saturated rings. The van der Waals surface area contributed by atoms with Gasteiger partial charge in [0.05, 0.1) is 6.61 Å². The van der Waals surface area contributed by atoms with E-state index in [2.05, 4.69) is 10.1 Å². The molecule has 2 heterocycles. The number of nitrogens with one attached hydrogen (secondary N) is 1. The van der Waals surface area contributed by atoms with Gasteiger partial charge in [-0.25, -0.2) is 14.3 Å². The van der Waals surface area contributed by atoms with Crippen LogP contribution >= 0.6 is 0 Å². The third-order valence-corrected chi connectivity index (χ3v) is 2.40. The van der Waals surface area contributed by atoms with Crippen LogP contribution in [-0.4, -0.2) is 32.9 Å². The molecule has 0 radical (unpaired) electrons. The highest BCUT2D eigenvalue weighted by Gasteiger charge is 2.20. The van der Waals surface area contributed by atoms with Crippen molar-refractivity contribution in [2.45, 2.75) is 6.92 Å². The molecule has 0 spiro atoms. The fourth-order valence-corrected chi connectivity index (χ4v) is 1.52. The number of hydrogen-bond donors (Lipinski definition) is 2. The summed E-state index contributed by atoms with van der Waals surface area (Å²) in [5.74, 6) is -0.537. The lowest BCUT2D eigenvalue weighted by molar-refractivity contribution is -0.137. The van der Waals surface area contributed by atoms with E-state index in [1.165, 1.54) is 4.52 Å². The van der Waals surface area contributed by atoms with Crippen molar-refractivity contribution < 1.29 is 9.53 Å². The Hall–Kier alpha value is -2.70. The van der Waals surface area contributed by atoms with Crippen molar-refractivity contribution >= 4 is 17.3 Å². The summed E-state index contributed by atoms with van der Waals surface area (Å²) in [7, 11) is 0. The van der Waals surface area contributed by atoms with Gasteiger partial charge in [-0.1, -0.05) is 6.07 Å². The maximum atomic E-state index is 11.6. The molecule has 0 unspecified atom stereocenters. The minimum Gasteiger partial charge on any atom is -0.462 e. The highest BCUT2D eigenvalue weighted by atomic mass is 16.5. The standard InChI is InChI=1S/C12H13N5O2/c1-2-19-12(18)8(7-13)10(14)11-15-9-5-3-4-6-17(9)16-11/h3-7,14H,2,13H2,1H3/b8-7+,14-10?. The van der Waals surface area contributed by atoms with Crippen LogP contribution in [0.15, 0.2) is 36.2 Å². The first-order valence-corrected chi connectivity index (χ1v) is 5.67. The molecule has 2 aromatic rings. The fourth-order valence-electron chi connectivity index (χ4n) is 1.52. The van der Waals surface area contributed by atoms with Crippen LogP contribution in [0, 0.1) is 5.41 Å². The molecule has 0 aliphatic rings. The van der Waals surface area contributed by atoms with Crippen LogP contribution < -0.4 is 5.73 Å². The van der Waals surface area contributed by atoms with Gasteiger partial charge >= 0.3 is 5.97 Å². The van der Waals surface area contributed by atoms with E-state index in [0.717, 1.165) is 6.20 Å². The summed E-state index contributed by atoms with van der Waals surface area (Å²) < 4.78 is 6.34. The zero-order valence-electron chi connectivity index (χ0n) is 10.3. The average Bonchev–Trinajstić information content (AvgIpc) is 2.83. The molecule has 0 aliphatic heterocycles. The first-order chi connectivity index (χ1) is 9.17. The quantitative estimate of drug-likeness (QED) is 0.472. The van der Waals surface area contributed by atoms with Crippen LogP contribution in [0.2, 0.25) is 0 Å². The van der Waals surface area contributed by atoms with Crippen LogP contribution in [0.1, 0.15) is 12.7 Å². The Morgan fingerprint density at radius 2 is 2.37 bits per heavy atom. The molecule has 0 saturated carbocycles. The molecule has 98 valence electrons. The molecule has 0 bridgehead atoms. The van der Waals surface area contributed by atoms with Gasteiger partial charge < -0.3 is 10.5 Å². The fraction of sp³-hybridized carbons (Fsp3) is 0.167. The lowest BCUT2D eigenvalue weighted by atomic mass is 10.1. The molecular weight excluding hydrogens is 246 g/mol. The molecule has 19 heavy (non-hydrogen) atoms. The summed E-state index contributed by atoms with van der Waals surface area (Å²) in [4.78, 5) is 15.8. The normalized spacial score (nSPS) is 11.5. The molecule has 0 amide bonds. The third kappa shape index (κ3) is 2.44. The number of nitrogens with two attached hydrogens (primary N) is 1. The summed E-state index contributed by atoms with van der Waals surface area (Å²) >= 11 is 0. The van der Waals surface area contributed by atoms with Gasteiger partial charge in [0, 0.05) is 12.4 Å². The Morgan fingerprint density at radius 3 is 3.00 bits per heavy atom. The molecule has 0 aliphatic carbocycles. The largest absolute Gasteiger partial charge is 0.462 e. The summed E-state index contributed by atoms with van der Waals surface area (Å²) in [6.07, 6.45) is 2.74. The average molecular weight is 259 g/mol. The Morgan fingerprint density at radius 1 is 1.58 bits per heavy atom. The monoisotopic (exact) mass is 259 g/mol. The van der Waals surface area contributed by atoms with Crippen molar-refractivity contribution in [3.63, 3.8) is 0 Å². The van der Waals surface area contributed by atoms with Gasteiger partial charge in [-0.15, -0.1) is 5.10 Å². The van der Waals surface area contributed by atoms with Crippen molar-refractivity contribution in [3.8, 4) is 0 Å².